The second kappa shape index (κ2) is 12.4. The van der Waals surface area contributed by atoms with Crippen LogP contribution >= 0.6 is 11.8 Å². The van der Waals surface area contributed by atoms with Crippen molar-refractivity contribution >= 4 is 29.5 Å². The van der Waals surface area contributed by atoms with Crippen LogP contribution in [0, 0.1) is 0 Å². The number of benzene rings is 1. The van der Waals surface area contributed by atoms with Gasteiger partial charge in [-0.2, -0.15) is 11.8 Å². The molecule has 2 rings (SSSR count). The van der Waals surface area contributed by atoms with Crippen molar-refractivity contribution in [1.82, 2.24) is 4.90 Å². The zero-order valence-electron chi connectivity index (χ0n) is 19.4. The van der Waals surface area contributed by atoms with Crippen LogP contribution in [0.5, 0.6) is 0 Å². The normalized spacial score (nSPS) is 15.1. The first-order chi connectivity index (χ1) is 15.2. The number of aliphatic carboxylic acids is 1. The molecule has 5 nitrogen and oxygen atoms in total. The first-order valence-corrected chi connectivity index (χ1v) is 12.1. The van der Waals surface area contributed by atoms with Gasteiger partial charge in [0.2, 0.25) is 0 Å². The van der Waals surface area contributed by atoms with Crippen molar-refractivity contribution in [1.29, 1.82) is 0 Å². The van der Waals surface area contributed by atoms with E-state index in [1.165, 1.54) is 28.5 Å². The molecule has 0 radical (unpaired) electrons. The number of hydrogen-bond donors (Lipinski definition) is 1. The molecule has 1 unspecified atom stereocenters. The third kappa shape index (κ3) is 7.23. The molecule has 0 saturated heterocycles. The zero-order valence-corrected chi connectivity index (χ0v) is 20.2. The van der Waals surface area contributed by atoms with Gasteiger partial charge in [0, 0.05) is 11.5 Å². The SMILES string of the molecule is CC(C)=CCC/C(C)=C/CC/C(C)=C/CSCC(C(=O)O)N1C(=O)c2ccccc2C1=O. The van der Waals surface area contributed by atoms with Crippen LogP contribution in [0.25, 0.3) is 0 Å². The molecule has 0 spiro atoms. The van der Waals surface area contributed by atoms with Gasteiger partial charge in [0.1, 0.15) is 6.04 Å². The largest absolute Gasteiger partial charge is 0.480 e. The number of rotatable bonds is 12. The van der Waals surface area contributed by atoms with Gasteiger partial charge in [0.25, 0.3) is 11.8 Å². The number of carbonyl (C=O) groups is 3. The summed E-state index contributed by atoms with van der Waals surface area (Å²) in [4.78, 5) is 37.8. The number of fused-ring (bicyclic) bond motifs is 1. The van der Waals surface area contributed by atoms with Gasteiger partial charge in [0.05, 0.1) is 11.1 Å². The lowest BCUT2D eigenvalue weighted by atomic mass is 10.1. The summed E-state index contributed by atoms with van der Waals surface area (Å²) in [5.74, 6) is -1.42. The van der Waals surface area contributed by atoms with Crippen molar-refractivity contribution in [2.45, 2.75) is 59.4 Å². The van der Waals surface area contributed by atoms with E-state index in [9.17, 15) is 19.5 Å². The fourth-order valence-corrected chi connectivity index (χ4v) is 4.52. The van der Waals surface area contributed by atoms with Crippen LogP contribution in [-0.2, 0) is 4.79 Å². The predicted molar refractivity (Wildman–Crippen MR) is 131 cm³/mol. The third-order valence-corrected chi connectivity index (χ3v) is 6.32. The van der Waals surface area contributed by atoms with Crippen LogP contribution in [0.4, 0.5) is 0 Å². The minimum atomic E-state index is -1.17. The van der Waals surface area contributed by atoms with E-state index in [4.69, 9.17) is 0 Å². The molecule has 1 heterocycles. The van der Waals surface area contributed by atoms with E-state index in [1.54, 1.807) is 24.3 Å². The second-order valence-corrected chi connectivity index (χ2v) is 9.45. The zero-order chi connectivity index (χ0) is 23.7. The van der Waals surface area contributed by atoms with Gasteiger partial charge in [-0.3, -0.25) is 14.5 Å². The van der Waals surface area contributed by atoms with E-state index < -0.39 is 23.8 Å². The molecule has 0 saturated carbocycles. The lowest BCUT2D eigenvalue weighted by Crippen LogP contribution is -2.46. The van der Waals surface area contributed by atoms with Gasteiger partial charge in [-0.05, 0) is 65.5 Å². The van der Waals surface area contributed by atoms with Crippen molar-refractivity contribution in [3.05, 3.63) is 70.3 Å². The maximum atomic E-state index is 12.6. The van der Waals surface area contributed by atoms with Gasteiger partial charge in [-0.25, -0.2) is 4.79 Å². The van der Waals surface area contributed by atoms with Crippen LogP contribution < -0.4 is 0 Å². The summed E-state index contributed by atoms with van der Waals surface area (Å²) >= 11 is 1.42. The van der Waals surface area contributed by atoms with Crippen LogP contribution in [0.2, 0.25) is 0 Å². The lowest BCUT2D eigenvalue weighted by Gasteiger charge is -2.22. The first kappa shape index (κ1) is 25.7. The Morgan fingerprint density at radius 1 is 0.938 bits per heavy atom. The Morgan fingerprint density at radius 2 is 1.47 bits per heavy atom. The number of amides is 2. The topological polar surface area (TPSA) is 74.7 Å². The van der Waals surface area contributed by atoms with E-state index in [2.05, 4.69) is 45.9 Å². The number of nitrogens with zero attached hydrogens (tertiary/aromatic N) is 1. The number of carbonyl (C=O) groups excluding carboxylic acids is 2. The van der Waals surface area contributed by atoms with E-state index in [-0.39, 0.29) is 16.9 Å². The Morgan fingerprint density at radius 3 is 2.00 bits per heavy atom. The summed E-state index contributed by atoms with van der Waals surface area (Å²) < 4.78 is 0. The highest BCUT2D eigenvalue weighted by molar-refractivity contribution is 7.99. The Balaban J connectivity index is 1.83. The van der Waals surface area contributed by atoms with Gasteiger partial charge < -0.3 is 5.11 Å². The summed E-state index contributed by atoms with van der Waals surface area (Å²) in [7, 11) is 0. The summed E-state index contributed by atoms with van der Waals surface area (Å²) in [5, 5.41) is 9.63. The number of thioether (sulfide) groups is 1. The Kier molecular flexibility index (Phi) is 9.97. The molecule has 0 aliphatic carbocycles. The van der Waals surface area contributed by atoms with Crippen LogP contribution in [-0.4, -0.2) is 45.3 Å². The summed E-state index contributed by atoms with van der Waals surface area (Å²) in [6, 6.07) is 5.29. The molecular weight excluding hydrogens is 422 g/mol. The average molecular weight is 456 g/mol. The average Bonchev–Trinajstić information content (AvgIpc) is 2.98. The van der Waals surface area contributed by atoms with Gasteiger partial charge in [0.15, 0.2) is 0 Å². The molecule has 2 amide bonds. The maximum absolute atomic E-state index is 12.6. The van der Waals surface area contributed by atoms with Gasteiger partial charge in [-0.1, -0.05) is 47.1 Å². The van der Waals surface area contributed by atoms with E-state index in [1.807, 2.05) is 0 Å². The van der Waals surface area contributed by atoms with E-state index in [0.29, 0.717) is 5.75 Å². The van der Waals surface area contributed by atoms with Crippen molar-refractivity contribution in [3.8, 4) is 0 Å². The molecule has 1 atom stereocenters. The number of hydrogen-bond acceptors (Lipinski definition) is 4. The molecule has 6 heteroatoms. The van der Waals surface area contributed by atoms with Crippen LogP contribution in [0.15, 0.2) is 59.2 Å². The number of imide groups is 1. The van der Waals surface area contributed by atoms with Crippen molar-refractivity contribution in [3.63, 3.8) is 0 Å². The standard InChI is InChI=1S/C26H33NO4S/c1-18(2)9-7-10-19(3)11-8-12-20(4)15-16-32-17-23(26(30)31)27-24(28)21-13-5-6-14-22(21)25(27)29/h5-6,9,11,13-15,23H,7-8,10,12,16-17H2,1-4H3,(H,30,31)/b19-11+,20-15+. The van der Waals surface area contributed by atoms with Crippen molar-refractivity contribution in [2.75, 3.05) is 11.5 Å². The lowest BCUT2D eigenvalue weighted by molar-refractivity contribution is -0.140. The molecule has 1 aromatic carbocycles. The Labute approximate surface area is 195 Å². The highest BCUT2D eigenvalue weighted by atomic mass is 32.2. The van der Waals surface area contributed by atoms with Gasteiger partial charge in [-0.15, -0.1) is 0 Å². The van der Waals surface area contributed by atoms with Crippen molar-refractivity contribution in [2.24, 2.45) is 0 Å². The Bertz CT molecular complexity index is 906. The van der Waals surface area contributed by atoms with Crippen molar-refractivity contribution < 1.29 is 19.5 Å². The molecule has 1 aliphatic heterocycles. The fraction of sp³-hybridized carbons (Fsp3) is 0.423. The van der Waals surface area contributed by atoms with Gasteiger partial charge >= 0.3 is 5.97 Å². The number of allylic oxidation sites excluding steroid dienone is 5. The molecule has 0 fully saturated rings. The molecular formula is C26H33NO4S. The Hall–Kier alpha value is -2.60. The summed E-state index contributed by atoms with van der Waals surface area (Å²) in [6.07, 6.45) is 10.7. The second-order valence-electron chi connectivity index (χ2n) is 8.38. The van der Waals surface area contributed by atoms with Crippen LogP contribution in [0.1, 0.15) is 74.1 Å². The molecule has 1 aromatic rings. The predicted octanol–water partition coefficient (Wildman–Crippen LogP) is 5.89. The molecule has 32 heavy (non-hydrogen) atoms. The summed E-state index contributed by atoms with van der Waals surface area (Å²) in [6.45, 7) is 8.47. The molecule has 172 valence electrons. The first-order valence-electron chi connectivity index (χ1n) is 10.9. The number of carboxylic acid groups (broad SMARTS) is 1. The maximum Gasteiger partial charge on any atom is 0.327 e. The summed E-state index contributed by atoms with van der Waals surface area (Å²) in [5.41, 5.74) is 4.54. The molecule has 1 N–H and O–H groups in total. The quantitative estimate of drug-likeness (QED) is 0.242. The molecule has 0 aromatic heterocycles. The molecule has 1 aliphatic rings. The van der Waals surface area contributed by atoms with Crippen LogP contribution in [0.3, 0.4) is 0 Å². The highest BCUT2D eigenvalue weighted by Crippen LogP contribution is 2.26. The highest BCUT2D eigenvalue weighted by Gasteiger charge is 2.42. The van der Waals surface area contributed by atoms with E-state index >= 15 is 0 Å². The van der Waals surface area contributed by atoms with E-state index in [0.717, 1.165) is 30.6 Å². The monoisotopic (exact) mass is 455 g/mol. The minimum absolute atomic E-state index is 0.161. The minimum Gasteiger partial charge on any atom is -0.480 e. The third-order valence-electron chi connectivity index (χ3n) is 5.37. The number of carboxylic acids is 1. The fourth-order valence-electron chi connectivity index (χ4n) is 3.47. The smallest absolute Gasteiger partial charge is 0.327 e. The molecule has 0 bridgehead atoms.